The van der Waals surface area contributed by atoms with E-state index in [2.05, 4.69) is 12.1 Å². The normalized spacial score (nSPS) is 32.2. The first kappa shape index (κ1) is 28.2. The van der Waals surface area contributed by atoms with Crippen molar-refractivity contribution < 1.29 is 32.3 Å². The molecule has 3 saturated carbocycles. The predicted octanol–water partition coefficient (Wildman–Crippen LogP) is 7.19. The largest absolute Gasteiger partial charge is 0.481 e. The minimum absolute atomic E-state index is 0.112. The van der Waals surface area contributed by atoms with Crippen LogP contribution in [0.2, 0.25) is 0 Å². The van der Waals surface area contributed by atoms with Crippen molar-refractivity contribution in [2.45, 2.75) is 101 Å². The molecule has 2 bridgehead atoms. The molecule has 41 heavy (non-hydrogen) atoms. The lowest BCUT2D eigenvalue weighted by molar-refractivity contribution is -0.228. The molecule has 2 aromatic carbocycles. The summed E-state index contributed by atoms with van der Waals surface area (Å²) in [7, 11) is 0. The highest BCUT2D eigenvalue weighted by Gasteiger charge is 2.60. The van der Waals surface area contributed by atoms with E-state index in [9.17, 15) is 32.3 Å². The van der Waals surface area contributed by atoms with Crippen LogP contribution in [-0.4, -0.2) is 40.6 Å². The van der Waals surface area contributed by atoms with E-state index in [1.807, 2.05) is 24.0 Å². The molecule has 220 valence electrons. The zero-order valence-electron chi connectivity index (χ0n) is 23.6. The molecular weight excluding hydrogens is 534 g/mol. The highest BCUT2D eigenvalue weighted by atomic mass is 19.4. The molecule has 5 aliphatic rings. The van der Waals surface area contributed by atoms with Crippen molar-refractivity contribution in [3.8, 4) is 0 Å². The summed E-state index contributed by atoms with van der Waals surface area (Å²) in [4.78, 5) is 28.4. The first-order valence-electron chi connectivity index (χ1n) is 14.7. The molecule has 7 rings (SSSR count). The quantitative estimate of drug-likeness (QED) is 0.387. The molecule has 0 aromatic heterocycles. The number of benzene rings is 2. The number of aliphatic carboxylic acids is 1. The Kier molecular flexibility index (Phi) is 6.40. The van der Waals surface area contributed by atoms with Crippen molar-refractivity contribution in [2.24, 2.45) is 10.8 Å². The second-order valence-electron chi connectivity index (χ2n) is 13.4. The van der Waals surface area contributed by atoms with Gasteiger partial charge in [0, 0.05) is 23.4 Å². The minimum Gasteiger partial charge on any atom is -0.481 e. The Labute approximate surface area is 238 Å². The molecule has 1 amide bonds. The average Bonchev–Trinajstić information content (AvgIpc) is 3.31. The van der Waals surface area contributed by atoms with Gasteiger partial charge in [-0.05, 0) is 100 Å². The van der Waals surface area contributed by atoms with Crippen LogP contribution in [-0.2, 0) is 33.5 Å². The minimum atomic E-state index is -5.02. The molecule has 8 heteroatoms. The monoisotopic (exact) mass is 571 g/mol. The number of fused-ring (bicyclic) bond motifs is 6. The lowest BCUT2D eigenvalue weighted by Gasteiger charge is -2.52. The number of hydrogen-bond acceptors (Lipinski definition) is 2. The number of alkyl halides is 4. The molecule has 3 atom stereocenters. The van der Waals surface area contributed by atoms with Crippen molar-refractivity contribution in [1.82, 2.24) is 4.90 Å². The van der Waals surface area contributed by atoms with Crippen LogP contribution < -0.4 is 0 Å². The SMILES string of the molecule is Cc1cccc(CC23CCN(C(=O)C45CCC(C(=O)O)(CC4)CC5)C2CCc2cc(C(C)(F)C(F)(F)F)ccc23)c1. The van der Waals surface area contributed by atoms with Gasteiger partial charge >= 0.3 is 12.1 Å². The van der Waals surface area contributed by atoms with Gasteiger partial charge in [-0.15, -0.1) is 0 Å². The first-order valence-corrected chi connectivity index (χ1v) is 14.7. The summed E-state index contributed by atoms with van der Waals surface area (Å²) < 4.78 is 55.7. The predicted molar refractivity (Wildman–Crippen MR) is 146 cm³/mol. The Balaban J connectivity index is 1.37. The standard InChI is InChI=1S/C33H37F4NO3/c1-21-4-3-5-22(18-21)20-32-16-17-38(27(39)30-10-13-31(14-11-30,15-12-30)28(40)41)26(32)9-6-23-19-24(7-8-25(23)32)29(2,34)33(35,36)37/h3-5,7-8,18-19,26H,6,9-17,20H2,1-2H3,(H,40,41). The number of amides is 1. The third kappa shape index (κ3) is 4.22. The van der Waals surface area contributed by atoms with E-state index in [1.165, 1.54) is 12.1 Å². The van der Waals surface area contributed by atoms with Crippen molar-refractivity contribution in [1.29, 1.82) is 0 Å². The number of rotatable bonds is 5. The van der Waals surface area contributed by atoms with Gasteiger partial charge in [0.15, 0.2) is 0 Å². The van der Waals surface area contributed by atoms with E-state index < -0.39 is 34.1 Å². The maximum Gasteiger partial charge on any atom is 0.426 e. The summed E-state index contributed by atoms with van der Waals surface area (Å²) in [6.45, 7) is 3.14. The molecule has 4 nitrogen and oxygen atoms in total. The molecule has 1 aliphatic heterocycles. The Bertz CT molecular complexity index is 1370. The third-order valence-electron chi connectivity index (χ3n) is 11.2. The molecular formula is C33H37F4NO3. The van der Waals surface area contributed by atoms with Gasteiger partial charge in [-0.1, -0.05) is 48.0 Å². The maximum absolute atomic E-state index is 15.0. The highest BCUT2D eigenvalue weighted by Crippen LogP contribution is 2.59. The number of carboxylic acids is 1. The third-order valence-corrected chi connectivity index (χ3v) is 11.2. The lowest BCUT2D eigenvalue weighted by atomic mass is 9.53. The number of nitrogens with zero attached hydrogens (tertiary/aromatic N) is 1. The fourth-order valence-corrected chi connectivity index (χ4v) is 8.58. The Hall–Kier alpha value is -2.90. The Morgan fingerprint density at radius 1 is 0.951 bits per heavy atom. The summed E-state index contributed by atoms with van der Waals surface area (Å²) in [6.07, 6.45) is 0.660. The molecule has 1 N–H and O–H groups in total. The van der Waals surface area contributed by atoms with Crippen LogP contribution in [0, 0.1) is 17.8 Å². The summed E-state index contributed by atoms with van der Waals surface area (Å²) in [5.41, 5.74) is -1.71. The second kappa shape index (κ2) is 9.30. The van der Waals surface area contributed by atoms with Gasteiger partial charge in [0.05, 0.1) is 5.41 Å². The van der Waals surface area contributed by atoms with Gasteiger partial charge in [0.2, 0.25) is 11.6 Å². The van der Waals surface area contributed by atoms with Gasteiger partial charge < -0.3 is 10.0 Å². The van der Waals surface area contributed by atoms with Gasteiger partial charge in [-0.2, -0.15) is 13.2 Å². The number of carboxylic acid groups (broad SMARTS) is 1. The van der Waals surface area contributed by atoms with Gasteiger partial charge in [-0.25, -0.2) is 4.39 Å². The Morgan fingerprint density at radius 2 is 1.61 bits per heavy atom. The first-order chi connectivity index (χ1) is 19.2. The van der Waals surface area contributed by atoms with Crippen molar-refractivity contribution in [3.63, 3.8) is 0 Å². The molecule has 0 radical (unpaired) electrons. The van der Waals surface area contributed by atoms with E-state index in [0.717, 1.165) is 22.3 Å². The van der Waals surface area contributed by atoms with Crippen LogP contribution in [0.4, 0.5) is 17.6 Å². The van der Waals surface area contributed by atoms with E-state index in [0.29, 0.717) is 77.7 Å². The number of carbonyl (C=O) groups excluding carboxylic acids is 1. The zero-order chi connectivity index (χ0) is 29.4. The molecule has 4 aliphatic carbocycles. The van der Waals surface area contributed by atoms with Crippen LogP contribution in [0.1, 0.15) is 86.1 Å². The van der Waals surface area contributed by atoms with Crippen LogP contribution in [0.25, 0.3) is 0 Å². The Morgan fingerprint density at radius 3 is 2.22 bits per heavy atom. The van der Waals surface area contributed by atoms with Crippen molar-refractivity contribution in [2.75, 3.05) is 6.54 Å². The number of carbonyl (C=O) groups is 2. The van der Waals surface area contributed by atoms with Crippen LogP contribution in [0.15, 0.2) is 42.5 Å². The van der Waals surface area contributed by atoms with Crippen LogP contribution in [0.5, 0.6) is 0 Å². The van der Waals surface area contributed by atoms with E-state index in [4.69, 9.17) is 0 Å². The van der Waals surface area contributed by atoms with Gasteiger partial charge in [0.25, 0.3) is 0 Å². The maximum atomic E-state index is 15.0. The zero-order valence-corrected chi connectivity index (χ0v) is 23.6. The highest BCUT2D eigenvalue weighted by molar-refractivity contribution is 5.86. The summed E-state index contributed by atoms with van der Waals surface area (Å²) in [6, 6.07) is 12.4. The molecule has 2 aromatic rings. The van der Waals surface area contributed by atoms with Crippen molar-refractivity contribution in [3.05, 3.63) is 70.3 Å². The van der Waals surface area contributed by atoms with Crippen LogP contribution >= 0.6 is 0 Å². The fraction of sp³-hybridized carbons (Fsp3) is 0.576. The number of likely N-dealkylation sites (tertiary alicyclic amines) is 1. The molecule has 1 heterocycles. The fourth-order valence-electron chi connectivity index (χ4n) is 8.58. The smallest absolute Gasteiger partial charge is 0.426 e. The average molecular weight is 572 g/mol. The summed E-state index contributed by atoms with van der Waals surface area (Å²) >= 11 is 0. The number of aryl methyl sites for hydroxylation is 2. The van der Waals surface area contributed by atoms with Gasteiger partial charge in [0.1, 0.15) is 0 Å². The summed E-state index contributed by atoms with van der Waals surface area (Å²) in [5, 5.41) is 9.82. The van der Waals surface area contributed by atoms with Gasteiger partial charge in [-0.3, -0.25) is 9.59 Å². The van der Waals surface area contributed by atoms with Crippen molar-refractivity contribution >= 4 is 11.9 Å². The van der Waals surface area contributed by atoms with E-state index in [-0.39, 0.29) is 17.5 Å². The molecule has 4 fully saturated rings. The molecule has 3 unspecified atom stereocenters. The number of hydrogen-bond donors (Lipinski definition) is 1. The number of halogens is 4. The van der Waals surface area contributed by atoms with E-state index >= 15 is 0 Å². The lowest BCUT2D eigenvalue weighted by Crippen LogP contribution is -2.56. The topological polar surface area (TPSA) is 57.6 Å². The summed E-state index contributed by atoms with van der Waals surface area (Å²) in [5.74, 6) is -0.643. The molecule has 0 spiro atoms. The molecule has 1 saturated heterocycles. The van der Waals surface area contributed by atoms with E-state index in [1.54, 1.807) is 6.07 Å². The second-order valence-corrected chi connectivity index (χ2v) is 13.4. The van der Waals surface area contributed by atoms with Crippen LogP contribution in [0.3, 0.4) is 0 Å².